The molecule has 1 aromatic heterocycles. The fourth-order valence-corrected chi connectivity index (χ4v) is 3.37. The van der Waals surface area contributed by atoms with E-state index in [1.54, 1.807) is 4.90 Å². The van der Waals surface area contributed by atoms with Gasteiger partial charge in [-0.05, 0) is 26.2 Å². The number of piperidine rings is 1. The molecule has 0 aliphatic carbocycles. The number of carboxylic acids is 1. The lowest BCUT2D eigenvalue weighted by atomic mass is 9.76. The third-order valence-corrected chi connectivity index (χ3v) is 4.54. The van der Waals surface area contributed by atoms with Gasteiger partial charge in [0, 0.05) is 13.1 Å². The van der Waals surface area contributed by atoms with E-state index < -0.39 is 11.4 Å². The Balaban J connectivity index is 2.05. The molecule has 1 unspecified atom stereocenters. The Bertz CT molecular complexity index is 529. The van der Waals surface area contributed by atoms with Crippen molar-refractivity contribution < 1.29 is 14.7 Å². The van der Waals surface area contributed by atoms with Crippen molar-refractivity contribution >= 4 is 28.5 Å². The molecular formula is C13H20N4O3S. The minimum Gasteiger partial charge on any atom is -0.481 e. The fourth-order valence-electron chi connectivity index (χ4n) is 2.79. The lowest BCUT2D eigenvalue weighted by Crippen LogP contribution is -2.51. The average molecular weight is 312 g/mol. The summed E-state index contributed by atoms with van der Waals surface area (Å²) in [6.45, 7) is 4.60. The molecule has 1 aliphatic heterocycles. The van der Waals surface area contributed by atoms with Crippen LogP contribution in [0.25, 0.3) is 0 Å². The number of aryl methyl sites for hydroxylation is 1. The zero-order valence-corrected chi connectivity index (χ0v) is 13.1. The van der Waals surface area contributed by atoms with E-state index in [9.17, 15) is 14.7 Å². The molecule has 0 radical (unpaired) electrons. The minimum atomic E-state index is -0.818. The van der Waals surface area contributed by atoms with Gasteiger partial charge in [-0.1, -0.05) is 24.7 Å². The van der Waals surface area contributed by atoms with Crippen LogP contribution in [0.2, 0.25) is 0 Å². The molecular weight excluding hydrogens is 292 g/mol. The Labute approximate surface area is 127 Å². The molecule has 21 heavy (non-hydrogen) atoms. The van der Waals surface area contributed by atoms with Gasteiger partial charge in [-0.25, -0.2) is 4.79 Å². The summed E-state index contributed by atoms with van der Waals surface area (Å²) in [5.74, 6) is -0.811. The van der Waals surface area contributed by atoms with E-state index in [1.807, 2.05) is 13.8 Å². The SMILES string of the molecule is CCCC1(C(=O)O)CCCN(C(=O)Nc2nnc(C)s2)C1. The Morgan fingerprint density at radius 3 is 2.81 bits per heavy atom. The first-order chi connectivity index (χ1) is 9.97. The number of aliphatic carboxylic acids is 1. The predicted molar refractivity (Wildman–Crippen MR) is 79.4 cm³/mol. The number of hydrogen-bond acceptors (Lipinski definition) is 5. The molecule has 2 amide bonds. The van der Waals surface area contributed by atoms with Crippen molar-refractivity contribution in [3.63, 3.8) is 0 Å². The Morgan fingerprint density at radius 1 is 1.48 bits per heavy atom. The molecule has 116 valence electrons. The Morgan fingerprint density at radius 2 is 2.24 bits per heavy atom. The van der Waals surface area contributed by atoms with Gasteiger partial charge >= 0.3 is 12.0 Å². The van der Waals surface area contributed by atoms with Gasteiger partial charge in [-0.3, -0.25) is 10.1 Å². The molecule has 2 rings (SSSR count). The highest BCUT2D eigenvalue weighted by Crippen LogP contribution is 2.35. The van der Waals surface area contributed by atoms with E-state index in [0.717, 1.165) is 11.4 Å². The lowest BCUT2D eigenvalue weighted by Gasteiger charge is -2.39. The molecule has 0 bridgehead atoms. The van der Waals surface area contributed by atoms with Crippen molar-refractivity contribution in [2.45, 2.75) is 39.5 Å². The van der Waals surface area contributed by atoms with Gasteiger partial charge in [0.05, 0.1) is 5.41 Å². The molecule has 2 heterocycles. The minimum absolute atomic E-state index is 0.250. The maximum Gasteiger partial charge on any atom is 0.323 e. The third-order valence-electron chi connectivity index (χ3n) is 3.79. The number of rotatable bonds is 4. The lowest BCUT2D eigenvalue weighted by molar-refractivity contribution is -0.152. The summed E-state index contributed by atoms with van der Waals surface area (Å²) >= 11 is 1.30. The van der Waals surface area contributed by atoms with Crippen LogP contribution < -0.4 is 5.32 Å². The van der Waals surface area contributed by atoms with Crippen LogP contribution in [-0.2, 0) is 4.79 Å². The molecule has 1 aliphatic rings. The van der Waals surface area contributed by atoms with Gasteiger partial charge in [-0.2, -0.15) is 0 Å². The maximum absolute atomic E-state index is 12.3. The first-order valence-electron chi connectivity index (χ1n) is 7.06. The first kappa shape index (κ1) is 15.7. The Hall–Kier alpha value is -1.70. The van der Waals surface area contributed by atoms with Crippen LogP contribution in [0.4, 0.5) is 9.93 Å². The molecule has 8 heteroatoms. The second-order valence-electron chi connectivity index (χ2n) is 5.42. The first-order valence-corrected chi connectivity index (χ1v) is 7.88. The number of carbonyl (C=O) groups excluding carboxylic acids is 1. The van der Waals surface area contributed by atoms with E-state index in [1.165, 1.54) is 11.3 Å². The topological polar surface area (TPSA) is 95.4 Å². The normalized spacial score (nSPS) is 22.1. The van der Waals surface area contributed by atoms with Crippen LogP contribution in [0, 0.1) is 12.3 Å². The van der Waals surface area contributed by atoms with Crippen molar-refractivity contribution in [2.24, 2.45) is 5.41 Å². The zero-order chi connectivity index (χ0) is 15.5. The number of likely N-dealkylation sites (tertiary alicyclic amines) is 1. The third kappa shape index (κ3) is 3.49. The predicted octanol–water partition coefficient (Wildman–Crippen LogP) is 2.35. The van der Waals surface area contributed by atoms with Gasteiger partial charge in [0.25, 0.3) is 0 Å². The van der Waals surface area contributed by atoms with Crippen LogP contribution in [-0.4, -0.2) is 45.3 Å². The average Bonchev–Trinajstić information content (AvgIpc) is 2.84. The second kappa shape index (κ2) is 6.38. The summed E-state index contributed by atoms with van der Waals surface area (Å²) in [4.78, 5) is 25.4. The summed E-state index contributed by atoms with van der Waals surface area (Å²) in [6, 6.07) is -0.299. The van der Waals surface area contributed by atoms with E-state index in [0.29, 0.717) is 30.9 Å². The smallest absolute Gasteiger partial charge is 0.323 e. The van der Waals surface area contributed by atoms with E-state index in [-0.39, 0.29) is 12.6 Å². The zero-order valence-electron chi connectivity index (χ0n) is 12.3. The van der Waals surface area contributed by atoms with Gasteiger partial charge in [0.2, 0.25) is 5.13 Å². The summed E-state index contributed by atoms with van der Waals surface area (Å²) in [6.07, 6.45) is 2.70. The molecule has 1 aromatic rings. The van der Waals surface area contributed by atoms with Crippen LogP contribution in [0.1, 0.15) is 37.6 Å². The molecule has 1 fully saturated rings. The number of nitrogens with zero attached hydrogens (tertiary/aromatic N) is 3. The van der Waals surface area contributed by atoms with Crippen molar-refractivity contribution in [3.05, 3.63) is 5.01 Å². The Kier molecular flexibility index (Phi) is 4.76. The highest BCUT2D eigenvalue weighted by Gasteiger charge is 2.42. The number of urea groups is 1. The fraction of sp³-hybridized carbons (Fsp3) is 0.692. The second-order valence-corrected chi connectivity index (χ2v) is 6.60. The summed E-state index contributed by atoms with van der Waals surface area (Å²) in [5.41, 5.74) is -0.818. The van der Waals surface area contributed by atoms with Crippen LogP contribution in [0.5, 0.6) is 0 Å². The number of nitrogens with one attached hydrogen (secondary N) is 1. The van der Waals surface area contributed by atoms with Gasteiger partial charge in [-0.15, -0.1) is 10.2 Å². The van der Waals surface area contributed by atoms with Gasteiger partial charge < -0.3 is 10.0 Å². The summed E-state index contributed by atoms with van der Waals surface area (Å²) < 4.78 is 0. The summed E-state index contributed by atoms with van der Waals surface area (Å²) in [7, 11) is 0. The van der Waals surface area contributed by atoms with E-state index in [2.05, 4.69) is 15.5 Å². The number of hydrogen-bond donors (Lipinski definition) is 2. The molecule has 1 saturated heterocycles. The van der Waals surface area contributed by atoms with Crippen LogP contribution >= 0.6 is 11.3 Å². The number of anilines is 1. The monoisotopic (exact) mass is 312 g/mol. The van der Waals surface area contributed by atoms with Crippen molar-refractivity contribution in [2.75, 3.05) is 18.4 Å². The molecule has 7 nitrogen and oxygen atoms in total. The molecule has 1 atom stereocenters. The van der Waals surface area contributed by atoms with Crippen molar-refractivity contribution in [1.29, 1.82) is 0 Å². The number of carboxylic acid groups (broad SMARTS) is 1. The highest BCUT2D eigenvalue weighted by atomic mass is 32.1. The van der Waals surface area contributed by atoms with Crippen molar-refractivity contribution in [3.8, 4) is 0 Å². The largest absolute Gasteiger partial charge is 0.481 e. The van der Waals surface area contributed by atoms with Gasteiger partial charge in [0.15, 0.2) is 0 Å². The number of carbonyl (C=O) groups is 2. The highest BCUT2D eigenvalue weighted by molar-refractivity contribution is 7.15. The molecule has 2 N–H and O–H groups in total. The number of amides is 2. The van der Waals surface area contributed by atoms with Gasteiger partial charge in [0.1, 0.15) is 5.01 Å². The molecule has 0 spiro atoms. The molecule has 0 saturated carbocycles. The van der Waals surface area contributed by atoms with E-state index in [4.69, 9.17) is 0 Å². The maximum atomic E-state index is 12.3. The number of aromatic nitrogens is 2. The van der Waals surface area contributed by atoms with Crippen LogP contribution in [0.3, 0.4) is 0 Å². The van der Waals surface area contributed by atoms with Crippen molar-refractivity contribution in [1.82, 2.24) is 15.1 Å². The standard InChI is InChI=1S/C13H20N4O3S/c1-3-5-13(10(18)19)6-4-7-17(8-13)12(20)14-11-16-15-9(2)21-11/h3-8H2,1-2H3,(H,18,19)(H,14,16,20). The quantitative estimate of drug-likeness (QED) is 0.889. The summed E-state index contributed by atoms with van der Waals surface area (Å²) in [5, 5.41) is 21.1. The van der Waals surface area contributed by atoms with E-state index >= 15 is 0 Å². The van der Waals surface area contributed by atoms with Crippen LogP contribution in [0.15, 0.2) is 0 Å². The molecule has 0 aromatic carbocycles.